The molecule has 0 aliphatic carbocycles. The first-order valence-corrected chi connectivity index (χ1v) is 9.64. The maximum absolute atomic E-state index is 12.5. The second kappa shape index (κ2) is 8.53. The molecule has 1 aromatic heterocycles. The highest BCUT2D eigenvalue weighted by Crippen LogP contribution is 2.24. The Morgan fingerprint density at radius 3 is 2.89 bits per heavy atom. The molecule has 2 aromatic rings. The van der Waals surface area contributed by atoms with Crippen LogP contribution in [0.1, 0.15) is 17.5 Å². The van der Waals surface area contributed by atoms with Crippen molar-refractivity contribution < 1.29 is 14.3 Å². The van der Waals surface area contributed by atoms with E-state index in [1.165, 1.54) is 5.56 Å². The molecule has 2 aliphatic rings. The highest BCUT2D eigenvalue weighted by atomic mass is 16.5. The number of nitrogens with one attached hydrogen (secondary N) is 2. The van der Waals surface area contributed by atoms with Gasteiger partial charge in [-0.05, 0) is 11.1 Å². The van der Waals surface area contributed by atoms with Gasteiger partial charge in [0.2, 0.25) is 11.8 Å². The lowest BCUT2D eigenvalue weighted by atomic mass is 10.1. The molecule has 4 rings (SSSR count). The van der Waals surface area contributed by atoms with E-state index < -0.39 is 0 Å². The molecule has 1 atom stereocenters. The second-order valence-electron chi connectivity index (χ2n) is 7.29. The minimum atomic E-state index is -0.334. The zero-order valence-electron chi connectivity index (χ0n) is 15.8. The number of hydrogen-bond donors (Lipinski definition) is 2. The first-order valence-electron chi connectivity index (χ1n) is 9.64. The number of rotatable bonds is 6. The number of anilines is 1. The number of aromatic nitrogens is 2. The molecule has 0 spiro atoms. The minimum Gasteiger partial charge on any atom is -0.379 e. The molecule has 2 aliphatic heterocycles. The fourth-order valence-electron chi connectivity index (χ4n) is 3.71. The predicted octanol–water partition coefficient (Wildman–Crippen LogP) is 0.911. The van der Waals surface area contributed by atoms with Gasteiger partial charge in [0.05, 0.1) is 31.0 Å². The number of benzene rings is 1. The van der Waals surface area contributed by atoms with Gasteiger partial charge in [0.25, 0.3) is 0 Å². The van der Waals surface area contributed by atoms with Crippen LogP contribution in [0.15, 0.2) is 36.7 Å². The molecular formula is C20H25N5O3. The molecule has 2 fully saturated rings. The lowest BCUT2D eigenvalue weighted by molar-refractivity contribution is -0.126. The summed E-state index contributed by atoms with van der Waals surface area (Å²) in [6.07, 6.45) is 3.49. The maximum atomic E-state index is 12.5. The molecule has 2 amide bonds. The van der Waals surface area contributed by atoms with Gasteiger partial charge in [-0.2, -0.15) is 5.10 Å². The van der Waals surface area contributed by atoms with Gasteiger partial charge in [-0.25, -0.2) is 0 Å². The van der Waals surface area contributed by atoms with Crippen LogP contribution in [0.25, 0.3) is 0 Å². The number of aromatic amines is 1. The third-order valence-electron chi connectivity index (χ3n) is 5.26. The number of hydrogen-bond acceptors (Lipinski definition) is 5. The van der Waals surface area contributed by atoms with Gasteiger partial charge in [0, 0.05) is 45.3 Å². The van der Waals surface area contributed by atoms with Crippen LogP contribution in [-0.4, -0.2) is 59.8 Å². The van der Waals surface area contributed by atoms with Crippen molar-refractivity contribution in [2.24, 2.45) is 5.92 Å². The van der Waals surface area contributed by atoms with E-state index in [2.05, 4.69) is 32.5 Å². The SMILES string of the molecule is O=C(NCc1cccc(CN2CCOCC2)c1)C1CC(=O)N(c2cn[nH]c2)C1. The first-order chi connectivity index (χ1) is 13.7. The summed E-state index contributed by atoms with van der Waals surface area (Å²) in [5, 5.41) is 9.55. The molecule has 28 heavy (non-hydrogen) atoms. The molecule has 2 saturated heterocycles. The third-order valence-corrected chi connectivity index (χ3v) is 5.26. The van der Waals surface area contributed by atoms with Crippen LogP contribution in [0.3, 0.4) is 0 Å². The van der Waals surface area contributed by atoms with Gasteiger partial charge in [-0.1, -0.05) is 24.3 Å². The van der Waals surface area contributed by atoms with Gasteiger partial charge in [0.15, 0.2) is 0 Å². The van der Waals surface area contributed by atoms with Crippen LogP contribution >= 0.6 is 0 Å². The van der Waals surface area contributed by atoms with E-state index in [-0.39, 0.29) is 24.2 Å². The molecule has 1 unspecified atom stereocenters. The summed E-state index contributed by atoms with van der Waals surface area (Å²) < 4.78 is 5.39. The smallest absolute Gasteiger partial charge is 0.227 e. The molecule has 148 valence electrons. The van der Waals surface area contributed by atoms with Crippen molar-refractivity contribution in [1.29, 1.82) is 0 Å². The number of carbonyl (C=O) groups excluding carboxylic acids is 2. The molecule has 0 radical (unpaired) electrons. The van der Waals surface area contributed by atoms with Crippen molar-refractivity contribution in [2.75, 3.05) is 37.7 Å². The fraction of sp³-hybridized carbons (Fsp3) is 0.450. The number of amides is 2. The van der Waals surface area contributed by atoms with Gasteiger partial charge in [-0.3, -0.25) is 19.6 Å². The Hall–Kier alpha value is -2.71. The van der Waals surface area contributed by atoms with Crippen molar-refractivity contribution in [1.82, 2.24) is 20.4 Å². The average molecular weight is 383 g/mol. The molecule has 0 bridgehead atoms. The van der Waals surface area contributed by atoms with Crippen LogP contribution in [-0.2, 0) is 27.4 Å². The molecule has 0 saturated carbocycles. The van der Waals surface area contributed by atoms with Crippen molar-refractivity contribution in [3.05, 3.63) is 47.8 Å². The zero-order chi connectivity index (χ0) is 19.3. The van der Waals surface area contributed by atoms with E-state index in [1.54, 1.807) is 17.3 Å². The van der Waals surface area contributed by atoms with Gasteiger partial charge >= 0.3 is 0 Å². The van der Waals surface area contributed by atoms with E-state index in [0.717, 1.165) is 38.4 Å². The molecule has 8 heteroatoms. The summed E-state index contributed by atoms with van der Waals surface area (Å²) in [4.78, 5) is 28.7. The van der Waals surface area contributed by atoms with E-state index in [1.807, 2.05) is 12.1 Å². The maximum Gasteiger partial charge on any atom is 0.227 e. The fourth-order valence-corrected chi connectivity index (χ4v) is 3.71. The van der Waals surface area contributed by atoms with Gasteiger partial charge in [-0.15, -0.1) is 0 Å². The zero-order valence-corrected chi connectivity index (χ0v) is 15.8. The standard InChI is InChI=1S/C20H25N5O3/c26-19-9-17(14-25(19)18-11-22-23-12-18)20(27)21-10-15-2-1-3-16(8-15)13-24-4-6-28-7-5-24/h1-3,8,11-12,17H,4-7,9-10,13-14H2,(H,21,27)(H,22,23). The molecule has 2 N–H and O–H groups in total. The number of H-pyrrole nitrogens is 1. The van der Waals surface area contributed by atoms with Gasteiger partial charge in [0.1, 0.15) is 0 Å². The number of ether oxygens (including phenoxy) is 1. The van der Waals surface area contributed by atoms with Crippen molar-refractivity contribution in [2.45, 2.75) is 19.5 Å². The summed E-state index contributed by atoms with van der Waals surface area (Å²) in [7, 11) is 0. The highest BCUT2D eigenvalue weighted by molar-refractivity contribution is 6.00. The van der Waals surface area contributed by atoms with Crippen LogP contribution in [0.5, 0.6) is 0 Å². The van der Waals surface area contributed by atoms with Gasteiger partial charge < -0.3 is 15.0 Å². The van der Waals surface area contributed by atoms with E-state index in [0.29, 0.717) is 18.8 Å². The van der Waals surface area contributed by atoms with Crippen LogP contribution in [0.2, 0.25) is 0 Å². The molecule has 1 aromatic carbocycles. The Kier molecular flexibility index (Phi) is 5.68. The van der Waals surface area contributed by atoms with Crippen molar-refractivity contribution >= 4 is 17.5 Å². The quantitative estimate of drug-likeness (QED) is 0.774. The van der Waals surface area contributed by atoms with E-state index >= 15 is 0 Å². The predicted molar refractivity (Wildman–Crippen MR) is 103 cm³/mol. The summed E-state index contributed by atoms with van der Waals surface area (Å²) in [5.74, 6) is -0.467. The first kappa shape index (κ1) is 18.6. The van der Waals surface area contributed by atoms with Crippen LogP contribution in [0.4, 0.5) is 5.69 Å². The molecule has 8 nitrogen and oxygen atoms in total. The van der Waals surface area contributed by atoms with E-state index in [9.17, 15) is 9.59 Å². The lowest BCUT2D eigenvalue weighted by Crippen LogP contribution is -2.35. The molecule has 3 heterocycles. The molecular weight excluding hydrogens is 358 g/mol. The largest absolute Gasteiger partial charge is 0.379 e. The Balaban J connectivity index is 1.30. The van der Waals surface area contributed by atoms with Crippen molar-refractivity contribution in [3.63, 3.8) is 0 Å². The normalized spacial score (nSPS) is 20.5. The Labute approximate surface area is 163 Å². The summed E-state index contributed by atoms with van der Waals surface area (Å²) in [5.41, 5.74) is 3.00. The lowest BCUT2D eigenvalue weighted by Gasteiger charge is -2.26. The highest BCUT2D eigenvalue weighted by Gasteiger charge is 2.35. The monoisotopic (exact) mass is 383 g/mol. The number of nitrogens with zero attached hydrogens (tertiary/aromatic N) is 3. The topological polar surface area (TPSA) is 90.6 Å². The van der Waals surface area contributed by atoms with Crippen LogP contribution in [0, 0.1) is 5.92 Å². The Bertz CT molecular complexity index is 817. The Morgan fingerprint density at radius 2 is 2.11 bits per heavy atom. The minimum absolute atomic E-state index is 0.0472. The second-order valence-corrected chi connectivity index (χ2v) is 7.29. The third kappa shape index (κ3) is 4.40. The van der Waals surface area contributed by atoms with Crippen molar-refractivity contribution in [3.8, 4) is 0 Å². The number of morpholine rings is 1. The van der Waals surface area contributed by atoms with Crippen LogP contribution < -0.4 is 10.2 Å². The average Bonchev–Trinajstić information content (AvgIpc) is 3.37. The van der Waals surface area contributed by atoms with E-state index in [4.69, 9.17) is 4.74 Å². The summed E-state index contributed by atoms with van der Waals surface area (Å²) >= 11 is 0. The summed E-state index contributed by atoms with van der Waals surface area (Å²) in [6, 6.07) is 8.28. The summed E-state index contributed by atoms with van der Waals surface area (Å²) in [6.45, 7) is 5.21. The Morgan fingerprint density at radius 1 is 1.29 bits per heavy atom. The number of carbonyl (C=O) groups is 2.